The molecule has 0 spiro atoms. The van der Waals surface area contributed by atoms with Crippen molar-refractivity contribution < 1.29 is 9.53 Å². The van der Waals surface area contributed by atoms with Crippen molar-refractivity contribution in [1.29, 1.82) is 0 Å². The predicted octanol–water partition coefficient (Wildman–Crippen LogP) is 0.578. The van der Waals surface area contributed by atoms with Crippen molar-refractivity contribution in [1.82, 2.24) is 4.98 Å². The minimum atomic E-state index is -0.369. The van der Waals surface area contributed by atoms with Crippen LogP contribution in [0.5, 0.6) is 0 Å². The van der Waals surface area contributed by atoms with Crippen LogP contribution >= 0.6 is 0 Å². The van der Waals surface area contributed by atoms with Gasteiger partial charge in [0.2, 0.25) is 0 Å². The number of carbonyl (C=O) groups excluding carboxylic acids is 1. The first-order valence-corrected chi connectivity index (χ1v) is 4.00. The lowest BCUT2D eigenvalue weighted by Gasteiger charge is -1.94. The molecule has 0 atom stereocenters. The number of hydrogen-bond donors (Lipinski definition) is 1. The summed E-state index contributed by atoms with van der Waals surface area (Å²) in [6.45, 7) is 0. The maximum Gasteiger partial charge on any atom is 0.317 e. The van der Waals surface area contributed by atoms with Crippen molar-refractivity contribution in [3.8, 4) is 11.8 Å². The molecule has 0 radical (unpaired) electrons. The molecule has 0 fully saturated rings. The summed E-state index contributed by atoms with van der Waals surface area (Å²) in [6.07, 6.45) is 1.64. The van der Waals surface area contributed by atoms with E-state index in [0.29, 0.717) is 11.4 Å². The predicted molar refractivity (Wildman–Crippen MR) is 52.2 cm³/mol. The summed E-state index contributed by atoms with van der Waals surface area (Å²) < 4.78 is 4.43. The Hall–Kier alpha value is -2.02. The van der Waals surface area contributed by atoms with E-state index in [9.17, 15) is 4.79 Å². The fourth-order valence-electron chi connectivity index (χ4n) is 0.794. The molecule has 4 heteroatoms. The van der Waals surface area contributed by atoms with Crippen LogP contribution in [0.4, 0.5) is 5.69 Å². The van der Waals surface area contributed by atoms with E-state index >= 15 is 0 Å². The Morgan fingerprint density at radius 3 is 3.14 bits per heavy atom. The first-order valence-electron chi connectivity index (χ1n) is 4.00. The molecule has 1 aromatic heterocycles. The monoisotopic (exact) mass is 190 g/mol. The molecule has 1 rings (SSSR count). The molecule has 0 aliphatic carbocycles. The standard InChI is InChI=1S/C10H10N2O2/c1-14-10(13)6-2-5-9-8(11)4-3-7-12-9/h3-4,7H,6,11H2,1H3. The van der Waals surface area contributed by atoms with Gasteiger partial charge in [-0.25, -0.2) is 4.98 Å². The van der Waals surface area contributed by atoms with E-state index in [1.54, 1.807) is 18.3 Å². The zero-order valence-electron chi connectivity index (χ0n) is 7.78. The Labute approximate surface area is 82.1 Å². The molecule has 0 aromatic carbocycles. The number of carbonyl (C=O) groups is 1. The van der Waals surface area contributed by atoms with Gasteiger partial charge in [-0.3, -0.25) is 4.79 Å². The average molecular weight is 190 g/mol. The second-order valence-electron chi connectivity index (χ2n) is 2.50. The van der Waals surface area contributed by atoms with E-state index in [1.165, 1.54) is 7.11 Å². The summed E-state index contributed by atoms with van der Waals surface area (Å²) in [7, 11) is 1.32. The van der Waals surface area contributed by atoms with Gasteiger partial charge in [0.1, 0.15) is 12.1 Å². The van der Waals surface area contributed by atoms with Gasteiger partial charge in [-0.2, -0.15) is 0 Å². The summed E-state index contributed by atoms with van der Waals surface area (Å²) in [5.41, 5.74) is 6.58. The fraction of sp³-hybridized carbons (Fsp3) is 0.200. The molecular weight excluding hydrogens is 180 g/mol. The number of esters is 1. The summed E-state index contributed by atoms with van der Waals surface area (Å²) in [6, 6.07) is 3.43. The van der Waals surface area contributed by atoms with Gasteiger partial charge in [-0.05, 0) is 18.1 Å². The van der Waals surface area contributed by atoms with E-state index in [1.807, 2.05) is 0 Å². The fourth-order valence-corrected chi connectivity index (χ4v) is 0.794. The van der Waals surface area contributed by atoms with Gasteiger partial charge in [0.05, 0.1) is 12.8 Å². The molecule has 0 bridgehead atoms. The first kappa shape index (κ1) is 10.1. The smallest absolute Gasteiger partial charge is 0.317 e. The summed E-state index contributed by atoms with van der Waals surface area (Å²) in [5, 5.41) is 0. The van der Waals surface area contributed by atoms with Gasteiger partial charge in [0.25, 0.3) is 0 Å². The van der Waals surface area contributed by atoms with Crippen LogP contribution in [-0.2, 0) is 9.53 Å². The molecule has 2 N–H and O–H groups in total. The molecule has 14 heavy (non-hydrogen) atoms. The number of pyridine rings is 1. The van der Waals surface area contributed by atoms with Crippen LogP contribution in [0.3, 0.4) is 0 Å². The van der Waals surface area contributed by atoms with Crippen molar-refractivity contribution in [2.24, 2.45) is 0 Å². The topological polar surface area (TPSA) is 65.2 Å². The Morgan fingerprint density at radius 2 is 2.50 bits per heavy atom. The molecule has 4 nitrogen and oxygen atoms in total. The van der Waals surface area contributed by atoms with Crippen molar-refractivity contribution in [2.75, 3.05) is 12.8 Å². The van der Waals surface area contributed by atoms with Gasteiger partial charge in [-0.1, -0.05) is 5.92 Å². The minimum absolute atomic E-state index is 0.0481. The molecule has 1 heterocycles. The summed E-state index contributed by atoms with van der Waals surface area (Å²) in [5.74, 6) is 4.95. The molecule has 0 unspecified atom stereocenters. The first-order chi connectivity index (χ1) is 6.74. The van der Waals surface area contributed by atoms with Crippen LogP contribution in [0.2, 0.25) is 0 Å². The third-order valence-corrected chi connectivity index (χ3v) is 1.51. The van der Waals surface area contributed by atoms with Crippen LogP contribution in [0.1, 0.15) is 12.1 Å². The van der Waals surface area contributed by atoms with Crippen LogP contribution in [0.15, 0.2) is 18.3 Å². The highest BCUT2D eigenvalue weighted by atomic mass is 16.5. The van der Waals surface area contributed by atoms with Crippen LogP contribution in [0.25, 0.3) is 0 Å². The highest BCUT2D eigenvalue weighted by Crippen LogP contribution is 2.04. The van der Waals surface area contributed by atoms with E-state index in [-0.39, 0.29) is 12.4 Å². The molecule has 0 amide bonds. The normalized spacial score (nSPS) is 8.64. The number of aromatic nitrogens is 1. The Morgan fingerprint density at radius 1 is 1.71 bits per heavy atom. The third-order valence-electron chi connectivity index (χ3n) is 1.51. The average Bonchev–Trinajstić information content (AvgIpc) is 2.20. The van der Waals surface area contributed by atoms with Crippen LogP contribution < -0.4 is 5.73 Å². The number of methoxy groups -OCH3 is 1. The zero-order valence-corrected chi connectivity index (χ0v) is 7.78. The lowest BCUT2D eigenvalue weighted by Crippen LogP contribution is -1.97. The van der Waals surface area contributed by atoms with Gasteiger partial charge in [0, 0.05) is 6.20 Å². The lowest BCUT2D eigenvalue weighted by molar-refractivity contribution is -0.139. The Balaban J connectivity index is 2.68. The SMILES string of the molecule is COC(=O)CC#Cc1ncccc1N. The second kappa shape index (κ2) is 4.87. The van der Waals surface area contributed by atoms with Crippen LogP contribution in [0, 0.1) is 11.8 Å². The number of hydrogen-bond acceptors (Lipinski definition) is 4. The van der Waals surface area contributed by atoms with Gasteiger partial charge < -0.3 is 10.5 Å². The lowest BCUT2D eigenvalue weighted by atomic mass is 10.3. The van der Waals surface area contributed by atoms with Crippen molar-refractivity contribution >= 4 is 11.7 Å². The quantitative estimate of drug-likeness (QED) is 0.519. The van der Waals surface area contributed by atoms with E-state index in [4.69, 9.17) is 5.73 Å². The maximum absolute atomic E-state index is 10.7. The van der Waals surface area contributed by atoms with E-state index in [2.05, 4.69) is 21.6 Å². The highest BCUT2D eigenvalue weighted by Gasteiger charge is 1.95. The van der Waals surface area contributed by atoms with E-state index in [0.717, 1.165) is 0 Å². The number of ether oxygens (including phenoxy) is 1. The van der Waals surface area contributed by atoms with Crippen molar-refractivity contribution in [2.45, 2.75) is 6.42 Å². The van der Waals surface area contributed by atoms with E-state index < -0.39 is 0 Å². The number of rotatable bonds is 1. The van der Waals surface area contributed by atoms with Gasteiger partial charge in [0.15, 0.2) is 0 Å². The van der Waals surface area contributed by atoms with Gasteiger partial charge in [-0.15, -0.1) is 0 Å². The van der Waals surface area contributed by atoms with Gasteiger partial charge >= 0.3 is 5.97 Å². The summed E-state index contributed by atoms with van der Waals surface area (Å²) >= 11 is 0. The number of nitrogen functional groups attached to an aromatic ring is 1. The summed E-state index contributed by atoms with van der Waals surface area (Å²) in [4.78, 5) is 14.7. The number of nitrogens with zero attached hydrogens (tertiary/aromatic N) is 1. The van der Waals surface area contributed by atoms with Crippen LogP contribution in [-0.4, -0.2) is 18.1 Å². The third kappa shape index (κ3) is 2.79. The molecule has 1 aromatic rings. The maximum atomic E-state index is 10.7. The highest BCUT2D eigenvalue weighted by molar-refractivity contribution is 5.72. The largest absolute Gasteiger partial charge is 0.468 e. The minimum Gasteiger partial charge on any atom is -0.468 e. The molecular formula is C10H10N2O2. The molecule has 0 aliphatic heterocycles. The Bertz CT molecular complexity index is 391. The van der Waals surface area contributed by atoms with Crippen molar-refractivity contribution in [3.05, 3.63) is 24.0 Å². The molecule has 0 saturated carbocycles. The second-order valence-corrected chi connectivity index (χ2v) is 2.50. The number of nitrogens with two attached hydrogens (primary N) is 1. The molecule has 72 valence electrons. The van der Waals surface area contributed by atoms with Crippen molar-refractivity contribution in [3.63, 3.8) is 0 Å². The molecule has 0 saturated heterocycles. The zero-order chi connectivity index (χ0) is 10.4. The molecule has 0 aliphatic rings. The Kier molecular flexibility index (Phi) is 3.50. The number of anilines is 1.